The van der Waals surface area contributed by atoms with Gasteiger partial charge in [0.2, 0.25) is 0 Å². The molecule has 1 aromatic rings. The van der Waals surface area contributed by atoms with Crippen molar-refractivity contribution < 1.29 is 14.3 Å². The smallest absolute Gasteiger partial charge is 0.299 e. The molecule has 1 amide bonds. The van der Waals surface area contributed by atoms with Crippen molar-refractivity contribution in [3.8, 4) is 0 Å². The van der Waals surface area contributed by atoms with E-state index in [9.17, 15) is 9.59 Å². The predicted octanol–water partition coefficient (Wildman–Crippen LogP) is 2.30. The first-order valence-corrected chi connectivity index (χ1v) is 6.27. The monoisotopic (exact) mass is 267 g/mol. The summed E-state index contributed by atoms with van der Waals surface area (Å²) < 4.78 is 5.33. The molecule has 18 heavy (non-hydrogen) atoms. The van der Waals surface area contributed by atoms with Gasteiger partial charge in [0.1, 0.15) is 0 Å². The van der Waals surface area contributed by atoms with E-state index < -0.39 is 11.7 Å². The molecule has 0 aromatic heterocycles. The number of ketones is 1. The molecule has 2 rings (SSSR count). The normalized spacial score (nSPS) is 14.2. The van der Waals surface area contributed by atoms with E-state index in [1.807, 2.05) is 6.92 Å². The molecule has 0 spiro atoms. The fourth-order valence-electron chi connectivity index (χ4n) is 1.93. The number of carbonyl (C=O) groups is 2. The molecule has 0 N–H and O–H groups in total. The van der Waals surface area contributed by atoms with E-state index in [2.05, 4.69) is 0 Å². The van der Waals surface area contributed by atoms with Crippen LogP contribution in [0.4, 0.5) is 5.69 Å². The Labute approximate surface area is 110 Å². The molecule has 1 heterocycles. The number of ether oxygens (including phenoxy) is 1. The number of para-hydroxylation sites is 1. The van der Waals surface area contributed by atoms with Gasteiger partial charge in [0, 0.05) is 13.2 Å². The molecule has 0 fully saturated rings. The maximum atomic E-state index is 11.8. The van der Waals surface area contributed by atoms with Gasteiger partial charge in [-0.1, -0.05) is 24.6 Å². The molecule has 0 radical (unpaired) electrons. The van der Waals surface area contributed by atoms with E-state index in [1.165, 1.54) is 4.90 Å². The summed E-state index contributed by atoms with van der Waals surface area (Å²) in [5.74, 6) is -1.03. The first-order valence-electron chi connectivity index (χ1n) is 5.89. The van der Waals surface area contributed by atoms with Crippen molar-refractivity contribution in [3.63, 3.8) is 0 Å². The van der Waals surface area contributed by atoms with Crippen molar-refractivity contribution in [2.45, 2.75) is 13.3 Å². The highest BCUT2D eigenvalue weighted by molar-refractivity contribution is 6.54. The Morgan fingerprint density at radius 2 is 2.06 bits per heavy atom. The molecular weight excluding hydrogens is 254 g/mol. The van der Waals surface area contributed by atoms with Gasteiger partial charge in [0.15, 0.2) is 0 Å². The van der Waals surface area contributed by atoms with Crippen LogP contribution in [-0.4, -0.2) is 31.4 Å². The molecule has 1 aliphatic rings. The van der Waals surface area contributed by atoms with Crippen molar-refractivity contribution >= 4 is 29.0 Å². The van der Waals surface area contributed by atoms with E-state index in [0.29, 0.717) is 36.0 Å². The summed E-state index contributed by atoms with van der Waals surface area (Å²) in [6.45, 7) is 3.40. The zero-order valence-corrected chi connectivity index (χ0v) is 10.9. The minimum Gasteiger partial charge on any atom is -0.380 e. The van der Waals surface area contributed by atoms with Crippen LogP contribution in [0, 0.1) is 0 Å². The van der Waals surface area contributed by atoms with Gasteiger partial charge in [-0.05, 0) is 18.6 Å². The van der Waals surface area contributed by atoms with Crippen LogP contribution in [0.5, 0.6) is 0 Å². The Morgan fingerprint density at radius 1 is 1.28 bits per heavy atom. The quantitative estimate of drug-likeness (QED) is 0.607. The van der Waals surface area contributed by atoms with Gasteiger partial charge in [-0.2, -0.15) is 0 Å². The van der Waals surface area contributed by atoms with Gasteiger partial charge in [-0.15, -0.1) is 0 Å². The first-order chi connectivity index (χ1) is 8.66. The van der Waals surface area contributed by atoms with E-state index >= 15 is 0 Å². The number of carbonyl (C=O) groups excluding carboxylic acids is 2. The maximum Gasteiger partial charge on any atom is 0.299 e. The number of hydrogen-bond acceptors (Lipinski definition) is 3. The summed E-state index contributed by atoms with van der Waals surface area (Å²) in [4.78, 5) is 25.0. The Balaban J connectivity index is 2.17. The Morgan fingerprint density at radius 3 is 2.78 bits per heavy atom. The van der Waals surface area contributed by atoms with Crippen LogP contribution in [0.3, 0.4) is 0 Å². The number of hydrogen-bond donors (Lipinski definition) is 0. The second kappa shape index (κ2) is 5.50. The SMILES string of the molecule is CCCOCCN1C(=O)C(=O)c2cccc(Cl)c21. The Bertz CT molecular complexity index is 487. The second-order valence-corrected chi connectivity index (χ2v) is 4.44. The van der Waals surface area contributed by atoms with Crippen LogP contribution in [0.1, 0.15) is 23.7 Å². The summed E-state index contributed by atoms with van der Waals surface area (Å²) in [6, 6.07) is 4.96. The highest BCUT2D eigenvalue weighted by Crippen LogP contribution is 2.35. The number of amides is 1. The van der Waals surface area contributed by atoms with E-state index in [-0.39, 0.29) is 0 Å². The van der Waals surface area contributed by atoms with Crippen molar-refractivity contribution in [2.75, 3.05) is 24.7 Å². The Kier molecular flexibility index (Phi) is 3.99. The Hall–Kier alpha value is -1.39. The molecule has 0 aliphatic carbocycles. The van der Waals surface area contributed by atoms with E-state index in [0.717, 1.165) is 6.42 Å². The minimum absolute atomic E-state index is 0.349. The molecule has 1 aromatic carbocycles. The van der Waals surface area contributed by atoms with Gasteiger partial charge >= 0.3 is 0 Å². The van der Waals surface area contributed by atoms with Gasteiger partial charge in [0.25, 0.3) is 11.7 Å². The number of anilines is 1. The fourth-order valence-corrected chi connectivity index (χ4v) is 2.20. The summed E-state index contributed by atoms with van der Waals surface area (Å²) in [5, 5.41) is 0.419. The average Bonchev–Trinajstić information content (AvgIpc) is 2.61. The molecule has 5 heteroatoms. The number of nitrogens with zero attached hydrogens (tertiary/aromatic N) is 1. The van der Waals surface area contributed by atoms with Crippen molar-refractivity contribution in [1.29, 1.82) is 0 Å². The predicted molar refractivity (Wildman–Crippen MR) is 69.2 cm³/mol. The second-order valence-electron chi connectivity index (χ2n) is 4.03. The summed E-state index contributed by atoms with van der Waals surface area (Å²) in [5.41, 5.74) is 0.886. The molecule has 0 saturated carbocycles. The van der Waals surface area contributed by atoms with Gasteiger partial charge in [-0.3, -0.25) is 9.59 Å². The lowest BCUT2D eigenvalue weighted by Gasteiger charge is -2.17. The molecule has 0 bridgehead atoms. The molecule has 0 atom stereocenters. The van der Waals surface area contributed by atoms with Crippen LogP contribution in [-0.2, 0) is 9.53 Å². The highest BCUT2D eigenvalue weighted by atomic mass is 35.5. The van der Waals surface area contributed by atoms with E-state index in [4.69, 9.17) is 16.3 Å². The molecule has 0 saturated heterocycles. The maximum absolute atomic E-state index is 11.8. The van der Waals surface area contributed by atoms with Crippen LogP contribution < -0.4 is 4.90 Å². The number of rotatable bonds is 5. The number of fused-ring (bicyclic) bond motifs is 1. The minimum atomic E-state index is -0.529. The molecular formula is C13H14ClNO3. The lowest BCUT2D eigenvalue weighted by molar-refractivity contribution is -0.114. The van der Waals surface area contributed by atoms with Gasteiger partial charge in [0.05, 0.1) is 22.9 Å². The third-order valence-corrected chi connectivity index (χ3v) is 3.05. The topological polar surface area (TPSA) is 46.6 Å². The summed E-state index contributed by atoms with van der Waals surface area (Å²) >= 11 is 6.05. The van der Waals surface area contributed by atoms with Crippen molar-refractivity contribution in [2.24, 2.45) is 0 Å². The van der Waals surface area contributed by atoms with Crippen molar-refractivity contribution in [1.82, 2.24) is 0 Å². The number of benzene rings is 1. The summed E-state index contributed by atoms with van der Waals surface area (Å²) in [6.07, 6.45) is 0.921. The lowest BCUT2D eigenvalue weighted by Crippen LogP contribution is -2.33. The van der Waals surface area contributed by atoms with Gasteiger partial charge in [-0.25, -0.2) is 0 Å². The summed E-state index contributed by atoms with van der Waals surface area (Å²) in [7, 11) is 0. The number of Topliss-reactive ketones (excluding diaryl/α,β-unsaturated/α-hetero) is 1. The third-order valence-electron chi connectivity index (χ3n) is 2.75. The van der Waals surface area contributed by atoms with Crippen LogP contribution in [0.15, 0.2) is 18.2 Å². The molecule has 1 aliphatic heterocycles. The van der Waals surface area contributed by atoms with Gasteiger partial charge < -0.3 is 9.64 Å². The molecule has 4 nitrogen and oxygen atoms in total. The van der Waals surface area contributed by atoms with E-state index in [1.54, 1.807) is 18.2 Å². The van der Waals surface area contributed by atoms with Crippen LogP contribution in [0.2, 0.25) is 5.02 Å². The van der Waals surface area contributed by atoms with Crippen molar-refractivity contribution in [3.05, 3.63) is 28.8 Å². The first kappa shape index (κ1) is 13.1. The van der Waals surface area contributed by atoms with Crippen LogP contribution >= 0.6 is 11.6 Å². The zero-order valence-electron chi connectivity index (χ0n) is 10.1. The fraction of sp³-hybridized carbons (Fsp3) is 0.385. The molecule has 0 unspecified atom stereocenters. The largest absolute Gasteiger partial charge is 0.380 e. The lowest BCUT2D eigenvalue weighted by atomic mass is 10.1. The van der Waals surface area contributed by atoms with Crippen LogP contribution in [0.25, 0.3) is 0 Å². The number of halogens is 1. The third kappa shape index (κ3) is 2.26. The highest BCUT2D eigenvalue weighted by Gasteiger charge is 2.36. The zero-order chi connectivity index (χ0) is 13.1. The molecule has 96 valence electrons. The standard InChI is InChI=1S/C13H14ClNO3/c1-2-7-18-8-6-15-11-9(12(16)13(15)17)4-3-5-10(11)14/h3-5H,2,6-8H2,1H3. The average molecular weight is 268 g/mol.